The topological polar surface area (TPSA) is 112 Å². The minimum atomic E-state index is -3.98. The van der Waals surface area contributed by atoms with Crippen LogP contribution in [0.5, 0.6) is 0 Å². The van der Waals surface area contributed by atoms with Crippen LogP contribution < -0.4 is 19.8 Å². The number of hydrogen-bond acceptors (Lipinski definition) is 13. The average Bonchev–Trinajstić information content (AvgIpc) is 3.53. The molecule has 2 atom stereocenters. The van der Waals surface area contributed by atoms with Gasteiger partial charge >= 0.3 is 0 Å². The Morgan fingerprint density at radius 1 is 0.405 bits per heavy atom. The Morgan fingerprint density at radius 3 is 1.08 bits per heavy atom. The second-order valence-electron chi connectivity index (χ2n) is 19.6. The minimum Gasteiger partial charge on any atom is -0.391 e. The third kappa shape index (κ3) is 15.4. The molecule has 10 rings (SSSR count). The average molecular weight is 1180 g/mol. The molecule has 0 aliphatic rings. The molecule has 0 saturated carbocycles. The zero-order valence-electron chi connectivity index (χ0n) is 46.6. The van der Waals surface area contributed by atoms with E-state index in [1.807, 2.05) is 116 Å². The smallest absolute Gasteiger partial charge is 0.206 e. The van der Waals surface area contributed by atoms with Crippen molar-refractivity contribution in [1.82, 2.24) is 0 Å². The van der Waals surface area contributed by atoms with Gasteiger partial charge in [-0.3, -0.25) is 10.0 Å². The first-order valence-electron chi connectivity index (χ1n) is 27.6. The number of aliphatic hydroxyl groups excluding tert-OH is 2. The molecule has 84 heavy (non-hydrogen) atoms. The lowest BCUT2D eigenvalue weighted by Gasteiger charge is -2.25. The van der Waals surface area contributed by atoms with Gasteiger partial charge in [-0.15, -0.1) is 23.5 Å². The van der Waals surface area contributed by atoms with Crippen LogP contribution in [0.25, 0.3) is 0 Å². The summed E-state index contributed by atoms with van der Waals surface area (Å²) < 4.78 is 28.6. The quantitative estimate of drug-likeness (QED) is 0.0324. The largest absolute Gasteiger partial charge is 0.391 e. The van der Waals surface area contributed by atoms with Crippen LogP contribution in [0, 0.1) is 0 Å². The first kappa shape index (κ1) is 58.8. The van der Waals surface area contributed by atoms with E-state index in [0.29, 0.717) is 23.5 Å². The third-order valence-corrected chi connectivity index (χ3v) is 18.4. The summed E-state index contributed by atoms with van der Waals surface area (Å²) in [5.74, 6) is 0.400. The van der Waals surface area contributed by atoms with Gasteiger partial charge in [0.15, 0.2) is 0 Å². The molecule has 0 bridgehead atoms. The Hall–Kier alpha value is -8.34. The van der Waals surface area contributed by atoms with Gasteiger partial charge in [0.1, 0.15) is 0 Å². The second kappa shape index (κ2) is 28.8. The van der Waals surface area contributed by atoms with E-state index in [4.69, 9.17) is 10.2 Å². The van der Waals surface area contributed by atoms with Gasteiger partial charge in [-0.05, 0) is 194 Å². The van der Waals surface area contributed by atoms with Crippen LogP contribution >= 0.6 is 35.3 Å². The van der Waals surface area contributed by atoms with E-state index in [0.717, 1.165) is 55.0 Å². The van der Waals surface area contributed by atoms with Crippen molar-refractivity contribution in [3.05, 3.63) is 278 Å². The van der Waals surface area contributed by atoms with Crippen LogP contribution in [0.2, 0.25) is 0 Å². The van der Waals surface area contributed by atoms with E-state index in [-0.39, 0.29) is 22.9 Å². The molecule has 0 saturated heterocycles. The number of aliphatic hydroxyl groups is 2. The predicted octanol–water partition coefficient (Wildman–Crippen LogP) is 16.9. The van der Waals surface area contributed by atoms with Gasteiger partial charge in [-0.2, -0.15) is 10.2 Å². The molecule has 2 unspecified atom stereocenters. The molecule has 0 aliphatic carbocycles. The molecular weight excluding hydrogens is 1120 g/mol. The molecule has 0 aliphatic heterocycles. The van der Waals surface area contributed by atoms with Crippen LogP contribution in [0.15, 0.2) is 306 Å². The summed E-state index contributed by atoms with van der Waals surface area (Å²) in [4.78, 5) is 9.16. The number of hydrazone groups is 2. The zero-order chi connectivity index (χ0) is 58.1. The molecule has 0 heterocycles. The van der Waals surface area contributed by atoms with Gasteiger partial charge in [-0.25, -0.2) is 8.42 Å². The fourth-order valence-corrected chi connectivity index (χ4v) is 12.5. The maximum absolute atomic E-state index is 14.3. The third-order valence-electron chi connectivity index (χ3n) is 13.7. The summed E-state index contributed by atoms with van der Waals surface area (Å²) in [5, 5.41) is 35.6. The molecule has 10 aromatic carbocycles. The monoisotopic (exact) mass is 1180 g/mol. The van der Waals surface area contributed by atoms with E-state index in [9.17, 15) is 18.6 Å². The van der Waals surface area contributed by atoms with Crippen molar-refractivity contribution >= 4 is 103 Å². The summed E-state index contributed by atoms with van der Waals surface area (Å²) in [6.07, 6.45) is 4.61. The SMILES string of the molecule is CCC(O)CN(/N=C\c1ccc(N(c2ccccc2)c2ccccc2)cc1)c1ccc(S(=O)(=O)c2ccc(N(CC(O)CSc3ccc(Sc4ccc(SC)cc4)cc3)/N=C\c3ccc(N(c4ccccc4)c4ccccc4)cc3)cc2)cc1. The lowest BCUT2D eigenvalue weighted by Crippen LogP contribution is -2.30. The van der Waals surface area contributed by atoms with E-state index in [2.05, 4.69) is 125 Å². The van der Waals surface area contributed by atoms with E-state index in [1.165, 1.54) is 9.79 Å². The van der Waals surface area contributed by atoms with Crippen molar-refractivity contribution < 1.29 is 18.6 Å². The Labute approximate surface area is 506 Å². The summed E-state index contributed by atoms with van der Waals surface area (Å²) in [7, 11) is -3.98. The summed E-state index contributed by atoms with van der Waals surface area (Å²) in [6, 6.07) is 87.1. The number of rotatable bonds is 25. The van der Waals surface area contributed by atoms with Crippen LogP contribution in [0.1, 0.15) is 24.5 Å². The normalized spacial score (nSPS) is 12.3. The Morgan fingerprint density at radius 2 is 0.726 bits per heavy atom. The highest BCUT2D eigenvalue weighted by atomic mass is 32.2. The van der Waals surface area contributed by atoms with Crippen molar-refractivity contribution in [1.29, 1.82) is 0 Å². The van der Waals surface area contributed by atoms with Crippen molar-refractivity contribution in [3.8, 4) is 0 Å². The molecule has 0 amide bonds. The first-order chi connectivity index (χ1) is 41.1. The number of sulfone groups is 1. The van der Waals surface area contributed by atoms with E-state index in [1.54, 1.807) is 106 Å². The Kier molecular flexibility index (Phi) is 20.2. The maximum atomic E-state index is 14.3. The summed E-state index contributed by atoms with van der Waals surface area (Å²) in [6.45, 7) is 2.25. The minimum absolute atomic E-state index is 0.104. The summed E-state index contributed by atoms with van der Waals surface area (Å²) >= 11 is 5.00. The number of thioether (sulfide) groups is 2. The first-order valence-corrected chi connectivity index (χ1v) is 32.1. The lowest BCUT2D eigenvalue weighted by atomic mass is 10.1. The maximum Gasteiger partial charge on any atom is 0.206 e. The zero-order valence-corrected chi connectivity index (χ0v) is 49.8. The second-order valence-corrected chi connectivity index (χ2v) is 24.7. The molecule has 0 radical (unpaired) electrons. The highest BCUT2D eigenvalue weighted by Crippen LogP contribution is 2.37. The van der Waals surface area contributed by atoms with Crippen LogP contribution in [-0.4, -0.2) is 68.4 Å². The van der Waals surface area contributed by atoms with Crippen molar-refractivity contribution in [3.63, 3.8) is 0 Å². The van der Waals surface area contributed by atoms with Crippen molar-refractivity contribution in [2.24, 2.45) is 10.2 Å². The van der Waals surface area contributed by atoms with Crippen LogP contribution in [-0.2, 0) is 9.84 Å². The van der Waals surface area contributed by atoms with Gasteiger partial charge < -0.3 is 20.0 Å². The Balaban J connectivity index is 0.852. The van der Waals surface area contributed by atoms with Gasteiger partial charge in [0.05, 0.1) is 58.9 Å². The molecule has 10 aromatic rings. The number of para-hydroxylation sites is 4. The van der Waals surface area contributed by atoms with Crippen molar-refractivity contribution in [2.45, 2.75) is 54.9 Å². The highest BCUT2D eigenvalue weighted by molar-refractivity contribution is 8.00. The van der Waals surface area contributed by atoms with Crippen molar-refractivity contribution in [2.75, 3.05) is 44.9 Å². The molecule has 422 valence electrons. The number of hydrogen-bond donors (Lipinski definition) is 2. The molecular formula is C70H64N6O4S4. The summed E-state index contributed by atoms with van der Waals surface area (Å²) in [5.41, 5.74) is 9.01. The van der Waals surface area contributed by atoms with Crippen LogP contribution in [0.4, 0.5) is 45.5 Å². The molecule has 0 aromatic heterocycles. The van der Waals surface area contributed by atoms with Gasteiger partial charge in [0, 0.05) is 59.5 Å². The Bertz CT molecular complexity index is 3740. The van der Waals surface area contributed by atoms with Gasteiger partial charge in [0.2, 0.25) is 9.84 Å². The molecule has 14 heteroatoms. The van der Waals surface area contributed by atoms with E-state index >= 15 is 0 Å². The molecule has 0 spiro atoms. The van der Waals surface area contributed by atoms with Gasteiger partial charge in [0.25, 0.3) is 0 Å². The molecule has 10 nitrogen and oxygen atoms in total. The lowest BCUT2D eigenvalue weighted by molar-refractivity contribution is 0.176. The number of anilines is 8. The highest BCUT2D eigenvalue weighted by Gasteiger charge is 2.21. The fraction of sp³-hybridized carbons (Fsp3) is 0.114. The molecule has 0 fully saturated rings. The standard InChI is InChI=1S/C70H64N6O4S4/c1-3-63(77)50-73(71-48-53-24-28-61(29-25-53)75(57-16-8-4-9-17-57)58-18-10-5-11-19-58)55-32-44-69(45-33-55)84(79,80)70-46-34-56(35-47-70)74(51-64(78)52-82-66-38-42-68(43-39-66)83-67-40-36-65(81-2)37-41-67)72-49-54-26-30-62(31-27-54)76(59-20-12-6-13-21-59)60-22-14-7-15-23-60/h4-49,63-64,77-78H,3,50-52H2,1-2H3/b71-48-,72-49-. The number of benzene rings is 10. The van der Waals surface area contributed by atoms with E-state index < -0.39 is 22.0 Å². The van der Waals surface area contributed by atoms with Gasteiger partial charge in [-0.1, -0.05) is 116 Å². The number of nitrogens with zero attached hydrogens (tertiary/aromatic N) is 6. The molecule has 2 N–H and O–H groups in total. The predicted molar refractivity (Wildman–Crippen MR) is 352 cm³/mol. The fourth-order valence-electron chi connectivity index (χ4n) is 9.22. The van der Waals surface area contributed by atoms with Crippen LogP contribution in [0.3, 0.4) is 0 Å².